The Bertz CT molecular complexity index is 712. The summed E-state index contributed by atoms with van der Waals surface area (Å²) in [6.45, 7) is 0. The standard InChI is InChI=1S/C12H13ClN2O2S2/c13-8-3-4-10-11(6-8)18-12(15-10)14-9-2-1-5-19(16,17)7-9/h3-4,6,9H,1-2,5,7H2,(H,14,15). The molecule has 2 heterocycles. The number of aromatic nitrogens is 1. The number of anilines is 1. The third-order valence-corrected chi connectivity index (χ3v) is 6.15. The van der Waals surface area contributed by atoms with Crippen molar-refractivity contribution in [2.75, 3.05) is 16.8 Å². The molecule has 1 unspecified atom stereocenters. The van der Waals surface area contributed by atoms with Gasteiger partial charge in [-0.25, -0.2) is 13.4 Å². The average molecular weight is 317 g/mol. The predicted octanol–water partition coefficient (Wildman–Crippen LogP) is 2.94. The van der Waals surface area contributed by atoms with Gasteiger partial charge in [-0.2, -0.15) is 0 Å². The van der Waals surface area contributed by atoms with E-state index in [-0.39, 0.29) is 11.8 Å². The van der Waals surface area contributed by atoms with Gasteiger partial charge in [-0.1, -0.05) is 22.9 Å². The quantitative estimate of drug-likeness (QED) is 0.925. The highest BCUT2D eigenvalue weighted by atomic mass is 35.5. The highest BCUT2D eigenvalue weighted by Gasteiger charge is 2.25. The van der Waals surface area contributed by atoms with E-state index >= 15 is 0 Å². The third kappa shape index (κ3) is 3.01. The Balaban J connectivity index is 1.81. The van der Waals surface area contributed by atoms with Crippen LogP contribution in [0, 0.1) is 0 Å². The van der Waals surface area contributed by atoms with E-state index in [1.807, 2.05) is 12.1 Å². The van der Waals surface area contributed by atoms with Crippen LogP contribution in [0.15, 0.2) is 18.2 Å². The third-order valence-electron chi connectivity index (χ3n) is 3.14. The number of nitrogens with one attached hydrogen (secondary N) is 1. The molecule has 7 heteroatoms. The van der Waals surface area contributed by atoms with Gasteiger partial charge in [0, 0.05) is 11.1 Å². The van der Waals surface area contributed by atoms with Crippen molar-refractivity contribution in [1.82, 2.24) is 4.98 Å². The molecule has 0 radical (unpaired) electrons. The summed E-state index contributed by atoms with van der Waals surface area (Å²) < 4.78 is 24.2. The summed E-state index contributed by atoms with van der Waals surface area (Å²) >= 11 is 7.44. The summed E-state index contributed by atoms with van der Waals surface area (Å²) in [5, 5.41) is 4.68. The monoisotopic (exact) mass is 316 g/mol. The zero-order valence-corrected chi connectivity index (χ0v) is 12.5. The SMILES string of the molecule is O=S1(=O)CCCC(Nc2nc3ccc(Cl)cc3s2)C1. The molecule has 0 amide bonds. The normalized spacial score (nSPS) is 22.5. The number of benzene rings is 1. The second-order valence-electron chi connectivity index (χ2n) is 4.73. The maximum Gasteiger partial charge on any atom is 0.184 e. The van der Waals surface area contributed by atoms with Crippen molar-refractivity contribution in [3.8, 4) is 0 Å². The van der Waals surface area contributed by atoms with Gasteiger partial charge >= 0.3 is 0 Å². The molecule has 102 valence electrons. The fourth-order valence-electron chi connectivity index (χ4n) is 2.27. The summed E-state index contributed by atoms with van der Waals surface area (Å²) in [6, 6.07) is 5.52. The van der Waals surface area contributed by atoms with Crippen LogP contribution in [0.2, 0.25) is 5.02 Å². The van der Waals surface area contributed by atoms with E-state index in [2.05, 4.69) is 10.3 Å². The summed E-state index contributed by atoms with van der Waals surface area (Å²) in [6.07, 6.45) is 1.59. The van der Waals surface area contributed by atoms with Crippen molar-refractivity contribution in [1.29, 1.82) is 0 Å². The molecule has 1 aromatic heterocycles. The van der Waals surface area contributed by atoms with E-state index in [9.17, 15) is 8.42 Å². The second-order valence-corrected chi connectivity index (χ2v) is 8.42. The Morgan fingerprint density at radius 1 is 1.42 bits per heavy atom. The molecule has 1 saturated heterocycles. The number of fused-ring (bicyclic) bond motifs is 1. The van der Waals surface area contributed by atoms with E-state index in [0.29, 0.717) is 10.8 Å². The van der Waals surface area contributed by atoms with Gasteiger partial charge < -0.3 is 5.32 Å². The van der Waals surface area contributed by atoms with Crippen LogP contribution in [-0.2, 0) is 9.84 Å². The number of hydrogen-bond acceptors (Lipinski definition) is 5. The lowest BCUT2D eigenvalue weighted by Gasteiger charge is -2.22. The van der Waals surface area contributed by atoms with Crippen LogP contribution in [0.25, 0.3) is 10.2 Å². The Kier molecular flexibility index (Phi) is 3.41. The lowest BCUT2D eigenvalue weighted by molar-refractivity contribution is 0.562. The van der Waals surface area contributed by atoms with Gasteiger partial charge in [0.25, 0.3) is 0 Å². The fraction of sp³-hybridized carbons (Fsp3) is 0.417. The number of sulfone groups is 1. The summed E-state index contributed by atoms with van der Waals surface area (Å²) in [5.74, 6) is 0.504. The van der Waals surface area contributed by atoms with Crippen molar-refractivity contribution in [3.63, 3.8) is 0 Å². The van der Waals surface area contributed by atoms with Crippen LogP contribution in [0.4, 0.5) is 5.13 Å². The summed E-state index contributed by atoms with van der Waals surface area (Å²) in [4.78, 5) is 4.45. The summed E-state index contributed by atoms with van der Waals surface area (Å²) in [5.41, 5.74) is 0.885. The number of hydrogen-bond donors (Lipinski definition) is 1. The van der Waals surface area contributed by atoms with Gasteiger partial charge in [-0.15, -0.1) is 0 Å². The van der Waals surface area contributed by atoms with Crippen LogP contribution in [-0.4, -0.2) is 30.9 Å². The first-order valence-electron chi connectivity index (χ1n) is 6.05. The number of halogens is 1. The van der Waals surface area contributed by atoms with E-state index in [0.717, 1.165) is 28.2 Å². The Hall–Kier alpha value is -0.850. The van der Waals surface area contributed by atoms with Gasteiger partial charge in [0.15, 0.2) is 15.0 Å². The zero-order chi connectivity index (χ0) is 13.5. The lowest BCUT2D eigenvalue weighted by atomic mass is 10.2. The van der Waals surface area contributed by atoms with Gasteiger partial charge in [-0.05, 0) is 31.0 Å². The van der Waals surface area contributed by atoms with Crippen LogP contribution >= 0.6 is 22.9 Å². The van der Waals surface area contributed by atoms with Crippen LogP contribution in [0.3, 0.4) is 0 Å². The zero-order valence-electron chi connectivity index (χ0n) is 10.1. The molecule has 0 spiro atoms. The molecule has 1 N–H and O–H groups in total. The fourth-order valence-corrected chi connectivity index (χ4v) is 5.13. The minimum atomic E-state index is -2.90. The first-order chi connectivity index (χ1) is 9.02. The van der Waals surface area contributed by atoms with Crippen LogP contribution in [0.1, 0.15) is 12.8 Å². The Morgan fingerprint density at radius 2 is 2.26 bits per heavy atom. The number of nitrogens with zero attached hydrogens (tertiary/aromatic N) is 1. The molecular weight excluding hydrogens is 304 g/mol. The van der Waals surface area contributed by atoms with E-state index in [1.54, 1.807) is 6.07 Å². The van der Waals surface area contributed by atoms with Crippen molar-refractivity contribution in [2.24, 2.45) is 0 Å². The predicted molar refractivity (Wildman–Crippen MR) is 79.9 cm³/mol. The number of thiazole rings is 1. The average Bonchev–Trinajstić information content (AvgIpc) is 2.68. The van der Waals surface area contributed by atoms with Crippen molar-refractivity contribution < 1.29 is 8.42 Å². The molecule has 0 saturated carbocycles. The van der Waals surface area contributed by atoms with Gasteiger partial charge in [0.1, 0.15) is 0 Å². The van der Waals surface area contributed by atoms with Crippen molar-refractivity contribution in [3.05, 3.63) is 23.2 Å². The molecule has 1 aliphatic rings. The highest BCUT2D eigenvalue weighted by Crippen LogP contribution is 2.29. The Labute approximate surface area is 120 Å². The largest absolute Gasteiger partial charge is 0.358 e. The Morgan fingerprint density at radius 3 is 3.05 bits per heavy atom. The minimum absolute atomic E-state index is 0.0326. The topological polar surface area (TPSA) is 59.1 Å². The van der Waals surface area contributed by atoms with Crippen LogP contribution in [0.5, 0.6) is 0 Å². The minimum Gasteiger partial charge on any atom is -0.358 e. The molecule has 0 aliphatic carbocycles. The van der Waals surface area contributed by atoms with E-state index < -0.39 is 9.84 Å². The highest BCUT2D eigenvalue weighted by molar-refractivity contribution is 7.91. The molecule has 1 fully saturated rings. The smallest absolute Gasteiger partial charge is 0.184 e. The van der Waals surface area contributed by atoms with E-state index in [4.69, 9.17) is 11.6 Å². The molecular formula is C12H13ClN2O2S2. The lowest BCUT2D eigenvalue weighted by Crippen LogP contribution is -2.34. The van der Waals surface area contributed by atoms with Crippen LogP contribution < -0.4 is 5.32 Å². The van der Waals surface area contributed by atoms with Gasteiger partial charge in [-0.3, -0.25) is 0 Å². The summed E-state index contributed by atoms with van der Waals surface area (Å²) in [7, 11) is -2.90. The first kappa shape index (κ1) is 13.1. The van der Waals surface area contributed by atoms with Gasteiger partial charge in [0.05, 0.1) is 21.7 Å². The van der Waals surface area contributed by atoms with Crippen molar-refractivity contribution in [2.45, 2.75) is 18.9 Å². The molecule has 4 nitrogen and oxygen atoms in total. The number of rotatable bonds is 2. The molecule has 3 rings (SSSR count). The van der Waals surface area contributed by atoms with Crippen molar-refractivity contribution >= 4 is 48.1 Å². The molecule has 2 aromatic rings. The molecule has 19 heavy (non-hydrogen) atoms. The first-order valence-corrected chi connectivity index (χ1v) is 9.06. The molecule has 1 aliphatic heterocycles. The van der Waals surface area contributed by atoms with E-state index in [1.165, 1.54) is 11.3 Å². The molecule has 1 aromatic carbocycles. The maximum atomic E-state index is 11.6. The molecule has 0 bridgehead atoms. The van der Waals surface area contributed by atoms with Gasteiger partial charge in [0.2, 0.25) is 0 Å². The second kappa shape index (κ2) is 4.92. The molecule has 1 atom stereocenters. The maximum absolute atomic E-state index is 11.6.